The predicted molar refractivity (Wildman–Crippen MR) is 135 cm³/mol. The van der Waals surface area contributed by atoms with Gasteiger partial charge in [0.25, 0.3) is 0 Å². The van der Waals surface area contributed by atoms with Gasteiger partial charge in [0, 0.05) is 23.4 Å². The number of benzene rings is 1. The quantitative estimate of drug-likeness (QED) is 0.217. The highest BCUT2D eigenvalue weighted by Crippen LogP contribution is 2.47. The highest BCUT2D eigenvalue weighted by atomic mass is 16.5. The first-order valence-electron chi connectivity index (χ1n) is 11.3. The van der Waals surface area contributed by atoms with E-state index >= 15 is 0 Å². The van der Waals surface area contributed by atoms with E-state index in [1.165, 1.54) is 6.08 Å². The van der Waals surface area contributed by atoms with Crippen molar-refractivity contribution in [3.8, 4) is 11.9 Å². The van der Waals surface area contributed by atoms with Gasteiger partial charge in [0.1, 0.15) is 6.61 Å². The van der Waals surface area contributed by atoms with E-state index in [-0.39, 0.29) is 12.2 Å². The largest absolute Gasteiger partial charge is 0.516 e. The average molecular weight is 472 g/mol. The lowest BCUT2D eigenvalue weighted by atomic mass is 9.80. The maximum atomic E-state index is 13.4. The molecular formula is C28H29N3O4. The molecule has 1 aromatic carbocycles. The molecule has 0 saturated carbocycles. The summed E-state index contributed by atoms with van der Waals surface area (Å²) in [6.07, 6.45) is 7.20. The van der Waals surface area contributed by atoms with Crippen molar-refractivity contribution in [2.75, 3.05) is 11.9 Å². The van der Waals surface area contributed by atoms with Crippen LogP contribution in [0.3, 0.4) is 0 Å². The Bertz CT molecular complexity index is 1250. The number of aliphatic hydroxyl groups is 1. The van der Waals surface area contributed by atoms with Gasteiger partial charge in [0.05, 0.1) is 35.8 Å². The second-order valence-corrected chi connectivity index (χ2v) is 8.09. The normalized spacial score (nSPS) is 15.9. The number of anilines is 1. The number of hydrogen-bond acceptors (Lipinski definition) is 7. The summed E-state index contributed by atoms with van der Waals surface area (Å²) in [7, 11) is 0. The van der Waals surface area contributed by atoms with Gasteiger partial charge in [-0.3, -0.25) is 0 Å². The SMILES string of the molecule is CCOc1ncc(C)c2c1C(/C(C)=C/C=C(C#N)\C=C\O)C(C(=O)OCc1ccccc1)=C(C)N2. The van der Waals surface area contributed by atoms with Crippen LogP contribution in [0.2, 0.25) is 0 Å². The van der Waals surface area contributed by atoms with E-state index in [0.29, 0.717) is 23.8 Å². The molecule has 0 spiro atoms. The molecule has 1 aromatic heterocycles. The number of pyridine rings is 1. The highest BCUT2D eigenvalue weighted by Gasteiger charge is 2.36. The second kappa shape index (κ2) is 11.7. The number of aromatic nitrogens is 1. The summed E-state index contributed by atoms with van der Waals surface area (Å²) < 4.78 is 11.6. The van der Waals surface area contributed by atoms with Crippen LogP contribution in [-0.2, 0) is 16.1 Å². The third kappa shape index (κ3) is 5.79. The van der Waals surface area contributed by atoms with E-state index in [2.05, 4.69) is 10.3 Å². The van der Waals surface area contributed by atoms with Crippen LogP contribution < -0.4 is 10.1 Å². The molecule has 2 aromatic rings. The molecule has 0 amide bonds. The lowest BCUT2D eigenvalue weighted by molar-refractivity contribution is -0.140. The first-order chi connectivity index (χ1) is 16.9. The van der Waals surface area contributed by atoms with Gasteiger partial charge >= 0.3 is 5.97 Å². The molecule has 1 unspecified atom stereocenters. The fourth-order valence-corrected chi connectivity index (χ4v) is 3.97. The van der Waals surface area contributed by atoms with Crippen LogP contribution in [0.1, 0.15) is 43.4 Å². The van der Waals surface area contributed by atoms with E-state index in [1.54, 1.807) is 18.3 Å². The summed E-state index contributed by atoms with van der Waals surface area (Å²) in [4.78, 5) is 17.9. The van der Waals surface area contributed by atoms with E-state index in [1.807, 2.05) is 64.1 Å². The van der Waals surface area contributed by atoms with Crippen molar-refractivity contribution in [3.05, 3.63) is 100 Å². The van der Waals surface area contributed by atoms with Crippen LogP contribution in [-0.4, -0.2) is 22.7 Å². The first-order valence-corrected chi connectivity index (χ1v) is 11.3. The van der Waals surface area contributed by atoms with Crippen molar-refractivity contribution < 1.29 is 19.4 Å². The number of allylic oxidation sites excluding steroid dienone is 6. The van der Waals surface area contributed by atoms with E-state index < -0.39 is 11.9 Å². The number of aliphatic hydroxyl groups excluding tert-OH is 1. The number of carbonyl (C=O) groups excluding carboxylic acids is 1. The Morgan fingerprint density at radius 1 is 1.26 bits per heavy atom. The third-order valence-corrected chi connectivity index (χ3v) is 5.64. The van der Waals surface area contributed by atoms with Crippen LogP contribution in [0.25, 0.3) is 0 Å². The minimum Gasteiger partial charge on any atom is -0.516 e. The zero-order valence-corrected chi connectivity index (χ0v) is 20.3. The van der Waals surface area contributed by atoms with E-state index in [4.69, 9.17) is 14.6 Å². The number of fused-ring (bicyclic) bond motifs is 1. The minimum absolute atomic E-state index is 0.142. The maximum absolute atomic E-state index is 13.4. The topological polar surface area (TPSA) is 104 Å². The van der Waals surface area contributed by atoms with Gasteiger partial charge in [-0.2, -0.15) is 5.26 Å². The minimum atomic E-state index is -0.516. The summed E-state index contributed by atoms with van der Waals surface area (Å²) >= 11 is 0. The van der Waals surface area contributed by atoms with Crippen LogP contribution in [0.4, 0.5) is 5.69 Å². The summed E-state index contributed by atoms with van der Waals surface area (Å²) in [5.41, 5.74) is 5.53. The summed E-state index contributed by atoms with van der Waals surface area (Å²) in [5, 5.41) is 21.7. The molecule has 2 heterocycles. The van der Waals surface area contributed by atoms with Crippen molar-refractivity contribution in [2.24, 2.45) is 0 Å². The Labute approximate surface area is 205 Å². The molecule has 3 rings (SSSR count). The summed E-state index contributed by atoms with van der Waals surface area (Å²) in [5.74, 6) is -0.539. The molecule has 2 N–H and O–H groups in total. The number of esters is 1. The zero-order valence-electron chi connectivity index (χ0n) is 20.3. The Hall–Kier alpha value is -4.31. The molecule has 0 fully saturated rings. The standard InChI is InChI=1S/C28H29N3O4/c1-5-34-27-25-23(18(2)11-12-21(15-29)13-14-32)24(20(4)31-26(25)19(3)16-30-27)28(33)35-17-22-9-7-6-8-10-22/h6-14,16,23,31-32H,5,17H2,1-4H3/b14-13+,18-11+,21-12+. The molecule has 180 valence electrons. The van der Waals surface area contributed by atoms with Gasteiger partial charge in [-0.15, -0.1) is 0 Å². The molecule has 0 radical (unpaired) electrons. The van der Waals surface area contributed by atoms with Gasteiger partial charge in [-0.05, 0) is 51.0 Å². The summed E-state index contributed by atoms with van der Waals surface area (Å²) in [6, 6.07) is 11.5. The first kappa shape index (κ1) is 25.3. The number of nitrogens with zero attached hydrogens (tertiary/aromatic N) is 2. The molecule has 1 atom stereocenters. The fourth-order valence-electron chi connectivity index (χ4n) is 3.97. The number of nitriles is 1. The number of aryl methyl sites for hydroxylation is 1. The van der Waals surface area contributed by atoms with Crippen molar-refractivity contribution in [3.63, 3.8) is 0 Å². The lowest BCUT2D eigenvalue weighted by Gasteiger charge is -2.32. The number of hydrogen-bond donors (Lipinski definition) is 2. The van der Waals surface area contributed by atoms with Crippen LogP contribution in [0.5, 0.6) is 5.88 Å². The van der Waals surface area contributed by atoms with Gasteiger partial charge in [0.15, 0.2) is 0 Å². The van der Waals surface area contributed by atoms with Crippen LogP contribution in [0.15, 0.2) is 83.4 Å². The fraction of sp³-hybridized carbons (Fsp3) is 0.250. The molecule has 0 saturated heterocycles. The number of ether oxygens (including phenoxy) is 2. The van der Waals surface area contributed by atoms with Gasteiger partial charge in [0.2, 0.25) is 5.88 Å². The molecule has 0 aliphatic carbocycles. The molecule has 1 aliphatic rings. The van der Waals surface area contributed by atoms with Crippen LogP contribution >= 0.6 is 0 Å². The van der Waals surface area contributed by atoms with E-state index in [0.717, 1.165) is 34.2 Å². The Kier molecular flexibility index (Phi) is 8.47. The van der Waals surface area contributed by atoms with Crippen molar-refractivity contribution in [1.29, 1.82) is 5.26 Å². The number of nitrogens with one attached hydrogen (secondary N) is 1. The van der Waals surface area contributed by atoms with Crippen LogP contribution in [0, 0.1) is 18.3 Å². The molecule has 0 bridgehead atoms. The van der Waals surface area contributed by atoms with Gasteiger partial charge < -0.3 is 19.9 Å². The molecule has 7 heteroatoms. The Morgan fingerprint density at radius 3 is 2.66 bits per heavy atom. The predicted octanol–water partition coefficient (Wildman–Crippen LogP) is 5.78. The van der Waals surface area contributed by atoms with Crippen molar-refractivity contribution >= 4 is 11.7 Å². The number of rotatable bonds is 8. The zero-order chi connectivity index (χ0) is 25.4. The van der Waals surface area contributed by atoms with Crippen molar-refractivity contribution in [1.82, 2.24) is 4.98 Å². The highest BCUT2D eigenvalue weighted by molar-refractivity contribution is 5.95. The maximum Gasteiger partial charge on any atom is 0.337 e. The molecule has 35 heavy (non-hydrogen) atoms. The van der Waals surface area contributed by atoms with E-state index in [9.17, 15) is 10.1 Å². The lowest BCUT2D eigenvalue weighted by Crippen LogP contribution is -2.26. The molecular weight excluding hydrogens is 442 g/mol. The monoisotopic (exact) mass is 471 g/mol. The van der Waals surface area contributed by atoms with Gasteiger partial charge in [-0.25, -0.2) is 9.78 Å². The van der Waals surface area contributed by atoms with Crippen molar-refractivity contribution in [2.45, 2.75) is 40.2 Å². The molecule has 7 nitrogen and oxygen atoms in total. The summed E-state index contributed by atoms with van der Waals surface area (Å²) in [6.45, 7) is 8.09. The third-order valence-electron chi connectivity index (χ3n) is 5.64. The Balaban J connectivity index is 2.12. The Morgan fingerprint density at radius 2 is 2.00 bits per heavy atom. The average Bonchev–Trinajstić information content (AvgIpc) is 2.86. The second-order valence-electron chi connectivity index (χ2n) is 8.09. The molecule has 1 aliphatic heterocycles. The number of carbonyl (C=O) groups is 1. The smallest absolute Gasteiger partial charge is 0.337 e. The van der Waals surface area contributed by atoms with Gasteiger partial charge in [-0.1, -0.05) is 42.0 Å².